The van der Waals surface area contributed by atoms with Crippen molar-refractivity contribution in [2.24, 2.45) is 5.92 Å². The molecule has 20 heavy (non-hydrogen) atoms. The van der Waals surface area contributed by atoms with Crippen LogP contribution in [0.3, 0.4) is 0 Å². The minimum Gasteiger partial charge on any atom is -0.380 e. The van der Waals surface area contributed by atoms with Gasteiger partial charge in [0.2, 0.25) is 5.91 Å². The first kappa shape index (κ1) is 17.7. The second kappa shape index (κ2) is 9.55. The third-order valence-corrected chi connectivity index (χ3v) is 3.84. The Hall–Kier alpha value is -0.360. The molecule has 1 saturated carbocycles. The summed E-state index contributed by atoms with van der Waals surface area (Å²) in [7, 11) is 2.06. The maximum atomic E-state index is 12.0. The summed E-state index contributed by atoms with van der Waals surface area (Å²) in [5.41, 5.74) is 0. The second-order valence-electron chi connectivity index (χ2n) is 5.70. The first-order chi connectivity index (χ1) is 9.25. The molecule has 118 valence electrons. The van der Waals surface area contributed by atoms with Crippen LogP contribution in [0, 0.1) is 5.92 Å². The van der Waals surface area contributed by atoms with Crippen molar-refractivity contribution in [3.05, 3.63) is 0 Å². The van der Waals surface area contributed by atoms with E-state index in [2.05, 4.69) is 17.3 Å². The fraction of sp³-hybridized carbons (Fsp3) is 0.929. The van der Waals surface area contributed by atoms with Gasteiger partial charge in [0.25, 0.3) is 0 Å². The van der Waals surface area contributed by atoms with Gasteiger partial charge in [-0.3, -0.25) is 4.79 Å². The van der Waals surface area contributed by atoms with Gasteiger partial charge in [0.05, 0.1) is 6.61 Å². The summed E-state index contributed by atoms with van der Waals surface area (Å²) in [6.45, 7) is 7.02. The van der Waals surface area contributed by atoms with Crippen LogP contribution in [0.25, 0.3) is 0 Å². The Balaban J connectivity index is 0.00000200. The number of hydrogen-bond acceptors (Lipinski definition) is 4. The molecular formula is C14H28ClN3O2. The summed E-state index contributed by atoms with van der Waals surface area (Å²) in [4.78, 5) is 16.1. The van der Waals surface area contributed by atoms with Crippen molar-refractivity contribution in [3.63, 3.8) is 0 Å². The van der Waals surface area contributed by atoms with Crippen LogP contribution in [-0.4, -0.2) is 75.2 Å². The Morgan fingerprint density at radius 2 is 2.00 bits per heavy atom. The number of likely N-dealkylation sites (N-methyl/N-ethyl adjacent to an activating group) is 1. The minimum absolute atomic E-state index is 0. The van der Waals surface area contributed by atoms with Crippen molar-refractivity contribution in [1.82, 2.24) is 15.1 Å². The molecule has 0 bridgehead atoms. The molecule has 0 unspecified atom stereocenters. The highest BCUT2D eigenvalue weighted by atomic mass is 35.5. The average molecular weight is 306 g/mol. The minimum atomic E-state index is 0. The van der Waals surface area contributed by atoms with Crippen molar-refractivity contribution in [2.45, 2.75) is 19.3 Å². The van der Waals surface area contributed by atoms with E-state index in [1.54, 1.807) is 0 Å². The molecule has 0 atom stereocenters. The van der Waals surface area contributed by atoms with Gasteiger partial charge in [-0.15, -0.1) is 12.4 Å². The molecule has 0 aromatic rings. The van der Waals surface area contributed by atoms with E-state index in [4.69, 9.17) is 4.74 Å². The normalized spacial score (nSPS) is 19.0. The van der Waals surface area contributed by atoms with Gasteiger partial charge in [-0.05, 0) is 25.8 Å². The van der Waals surface area contributed by atoms with Gasteiger partial charge in [-0.1, -0.05) is 0 Å². The highest BCUT2D eigenvalue weighted by Gasteiger charge is 2.21. The molecule has 2 rings (SSSR count). The monoisotopic (exact) mass is 305 g/mol. The predicted molar refractivity (Wildman–Crippen MR) is 82.4 cm³/mol. The number of piperazine rings is 1. The molecule has 1 aliphatic carbocycles. The van der Waals surface area contributed by atoms with Crippen LogP contribution < -0.4 is 5.32 Å². The molecule has 0 radical (unpaired) electrons. The third kappa shape index (κ3) is 6.88. The van der Waals surface area contributed by atoms with Crippen LogP contribution in [-0.2, 0) is 9.53 Å². The number of rotatable bonds is 8. The van der Waals surface area contributed by atoms with E-state index in [0.29, 0.717) is 6.42 Å². The summed E-state index contributed by atoms with van der Waals surface area (Å²) in [5.74, 6) is 1.12. The molecule has 2 fully saturated rings. The third-order valence-electron chi connectivity index (χ3n) is 3.84. The number of carbonyl (C=O) groups excluding carboxylic acids is 1. The number of carbonyl (C=O) groups is 1. The largest absolute Gasteiger partial charge is 0.380 e. The van der Waals surface area contributed by atoms with Gasteiger partial charge in [-0.2, -0.15) is 0 Å². The molecule has 5 nitrogen and oxygen atoms in total. The maximum absolute atomic E-state index is 12.0. The van der Waals surface area contributed by atoms with Crippen molar-refractivity contribution in [2.75, 3.05) is 59.5 Å². The Kier molecular flexibility index (Phi) is 8.45. The first-order valence-corrected chi connectivity index (χ1v) is 7.50. The van der Waals surface area contributed by atoms with E-state index in [9.17, 15) is 4.79 Å². The molecular weight excluding hydrogens is 278 g/mol. The molecule has 0 aromatic heterocycles. The highest BCUT2D eigenvalue weighted by Crippen LogP contribution is 2.28. The van der Waals surface area contributed by atoms with Crippen molar-refractivity contribution >= 4 is 18.3 Å². The van der Waals surface area contributed by atoms with Crippen LogP contribution in [0.2, 0.25) is 0 Å². The molecule has 2 aliphatic rings. The van der Waals surface area contributed by atoms with Crippen LogP contribution >= 0.6 is 12.4 Å². The standard InChI is InChI=1S/C14H27N3O2.ClH/c1-16(10-11-19-12-13-2-3-13)7-4-14(18)17-8-5-15-6-9-17;/h13,15H,2-12H2,1H3;1H. The van der Waals surface area contributed by atoms with Gasteiger partial charge in [0.15, 0.2) is 0 Å². The number of halogens is 1. The molecule has 1 amide bonds. The van der Waals surface area contributed by atoms with Gasteiger partial charge in [0.1, 0.15) is 0 Å². The van der Waals surface area contributed by atoms with E-state index < -0.39 is 0 Å². The summed E-state index contributed by atoms with van der Waals surface area (Å²) < 4.78 is 5.61. The lowest BCUT2D eigenvalue weighted by Crippen LogP contribution is -2.47. The van der Waals surface area contributed by atoms with E-state index in [1.807, 2.05) is 4.90 Å². The first-order valence-electron chi connectivity index (χ1n) is 7.50. The molecule has 6 heteroatoms. The van der Waals surface area contributed by atoms with Crippen LogP contribution in [0.5, 0.6) is 0 Å². The second-order valence-corrected chi connectivity index (χ2v) is 5.70. The Bertz CT molecular complexity index is 282. The van der Waals surface area contributed by atoms with Gasteiger partial charge < -0.3 is 19.9 Å². The predicted octanol–water partition coefficient (Wildman–Crippen LogP) is 0.589. The van der Waals surface area contributed by atoms with Crippen LogP contribution in [0.4, 0.5) is 0 Å². The fourth-order valence-corrected chi connectivity index (χ4v) is 2.23. The van der Waals surface area contributed by atoms with Gasteiger partial charge in [0, 0.05) is 52.3 Å². The maximum Gasteiger partial charge on any atom is 0.223 e. The molecule has 1 aliphatic heterocycles. The zero-order chi connectivity index (χ0) is 13.5. The number of ether oxygens (including phenoxy) is 1. The number of hydrogen-bond donors (Lipinski definition) is 1. The lowest BCUT2D eigenvalue weighted by atomic mass is 10.3. The SMILES string of the molecule is CN(CCOCC1CC1)CCC(=O)N1CCNCC1.Cl. The van der Waals surface area contributed by atoms with E-state index in [0.717, 1.165) is 58.4 Å². The quantitative estimate of drug-likeness (QED) is 0.667. The fourth-order valence-electron chi connectivity index (χ4n) is 2.23. The lowest BCUT2D eigenvalue weighted by Gasteiger charge is -2.28. The Morgan fingerprint density at radius 1 is 1.30 bits per heavy atom. The number of nitrogens with one attached hydrogen (secondary N) is 1. The van der Waals surface area contributed by atoms with Crippen molar-refractivity contribution < 1.29 is 9.53 Å². The number of nitrogens with zero attached hydrogens (tertiary/aromatic N) is 2. The lowest BCUT2D eigenvalue weighted by molar-refractivity contribution is -0.132. The summed E-state index contributed by atoms with van der Waals surface area (Å²) in [6.07, 6.45) is 3.31. The zero-order valence-corrected chi connectivity index (χ0v) is 13.3. The zero-order valence-electron chi connectivity index (χ0n) is 12.5. The molecule has 1 saturated heterocycles. The average Bonchev–Trinajstić information content (AvgIpc) is 3.26. The molecule has 1 heterocycles. The summed E-state index contributed by atoms with van der Waals surface area (Å²) in [6, 6.07) is 0. The topological polar surface area (TPSA) is 44.8 Å². The van der Waals surface area contributed by atoms with E-state index in [1.165, 1.54) is 12.8 Å². The van der Waals surface area contributed by atoms with Crippen LogP contribution in [0.15, 0.2) is 0 Å². The van der Waals surface area contributed by atoms with Gasteiger partial charge >= 0.3 is 0 Å². The summed E-state index contributed by atoms with van der Waals surface area (Å²) in [5, 5.41) is 3.26. The smallest absolute Gasteiger partial charge is 0.223 e. The Morgan fingerprint density at radius 3 is 2.65 bits per heavy atom. The van der Waals surface area contributed by atoms with Crippen molar-refractivity contribution in [1.29, 1.82) is 0 Å². The summed E-state index contributed by atoms with van der Waals surface area (Å²) >= 11 is 0. The Labute approximate surface area is 128 Å². The number of amides is 1. The molecule has 0 aromatic carbocycles. The van der Waals surface area contributed by atoms with E-state index in [-0.39, 0.29) is 18.3 Å². The highest BCUT2D eigenvalue weighted by molar-refractivity contribution is 5.85. The molecule has 1 N–H and O–H groups in total. The van der Waals surface area contributed by atoms with Crippen molar-refractivity contribution in [3.8, 4) is 0 Å². The van der Waals surface area contributed by atoms with Gasteiger partial charge in [-0.25, -0.2) is 0 Å². The van der Waals surface area contributed by atoms with Crippen LogP contribution in [0.1, 0.15) is 19.3 Å². The molecule has 0 spiro atoms. The van der Waals surface area contributed by atoms with E-state index >= 15 is 0 Å².